The molecule has 152 valence electrons. The van der Waals surface area contributed by atoms with Crippen LogP contribution in [0.5, 0.6) is 11.5 Å². The summed E-state index contributed by atoms with van der Waals surface area (Å²) >= 11 is 0. The lowest BCUT2D eigenvalue weighted by Crippen LogP contribution is -2.38. The van der Waals surface area contributed by atoms with Crippen LogP contribution in [-0.2, 0) is 0 Å². The molecule has 0 bridgehead atoms. The fraction of sp³-hybridized carbons (Fsp3) is 0.545. The molecule has 0 aliphatic carbocycles. The molecule has 0 unspecified atom stereocenters. The van der Waals surface area contributed by atoms with E-state index in [1.54, 1.807) is 25.6 Å². The third-order valence-electron chi connectivity index (χ3n) is 5.38. The van der Waals surface area contributed by atoms with Crippen molar-refractivity contribution in [3.05, 3.63) is 36.7 Å². The van der Waals surface area contributed by atoms with Gasteiger partial charge in [-0.25, -0.2) is 9.97 Å². The molecule has 0 atom stereocenters. The van der Waals surface area contributed by atoms with Gasteiger partial charge in [0.05, 0.1) is 13.7 Å². The van der Waals surface area contributed by atoms with Crippen molar-refractivity contribution in [3.63, 3.8) is 0 Å². The first kappa shape index (κ1) is 20.4. The van der Waals surface area contributed by atoms with E-state index in [2.05, 4.69) is 34.0 Å². The standard InChI is InChI=1S/C22H32N4O2/c1-17(2)26-13-9-18(10-14-26)6-4-15-28-21-16-19(7-8-20(21)27-3)25-22-23-11-5-12-24-22/h5,7-8,11-12,16-18H,4,6,9-10,13-15H2,1-3H3,(H,23,24,25). The lowest BCUT2D eigenvalue weighted by atomic mass is 9.92. The Balaban J connectivity index is 1.47. The van der Waals surface area contributed by atoms with Gasteiger partial charge in [-0.2, -0.15) is 0 Å². The van der Waals surface area contributed by atoms with Crippen molar-refractivity contribution in [3.8, 4) is 11.5 Å². The zero-order valence-corrected chi connectivity index (χ0v) is 17.2. The fourth-order valence-electron chi connectivity index (χ4n) is 3.67. The number of anilines is 2. The van der Waals surface area contributed by atoms with Gasteiger partial charge in [-0.05, 0) is 76.7 Å². The predicted molar refractivity (Wildman–Crippen MR) is 112 cm³/mol. The highest BCUT2D eigenvalue weighted by atomic mass is 16.5. The van der Waals surface area contributed by atoms with Crippen molar-refractivity contribution in [2.24, 2.45) is 5.92 Å². The summed E-state index contributed by atoms with van der Waals surface area (Å²) in [5, 5.41) is 3.19. The number of ether oxygens (including phenoxy) is 2. The minimum absolute atomic E-state index is 0.561. The maximum absolute atomic E-state index is 6.04. The molecule has 1 aliphatic heterocycles. The second kappa shape index (κ2) is 10.3. The molecule has 0 amide bonds. The van der Waals surface area contributed by atoms with E-state index >= 15 is 0 Å². The molecular weight excluding hydrogens is 352 g/mol. The molecule has 1 fully saturated rings. The van der Waals surface area contributed by atoms with Gasteiger partial charge in [-0.1, -0.05) is 0 Å². The molecule has 3 rings (SSSR count). The Hall–Kier alpha value is -2.34. The molecular formula is C22H32N4O2. The number of hydrogen-bond donors (Lipinski definition) is 1. The van der Waals surface area contributed by atoms with Gasteiger partial charge in [0.1, 0.15) is 0 Å². The van der Waals surface area contributed by atoms with Gasteiger partial charge < -0.3 is 19.7 Å². The number of hydrogen-bond acceptors (Lipinski definition) is 6. The number of likely N-dealkylation sites (tertiary alicyclic amines) is 1. The molecule has 1 N–H and O–H groups in total. The molecule has 1 aromatic carbocycles. The maximum Gasteiger partial charge on any atom is 0.227 e. The molecule has 0 saturated carbocycles. The minimum atomic E-state index is 0.561. The van der Waals surface area contributed by atoms with Crippen LogP contribution in [0.4, 0.5) is 11.6 Å². The third kappa shape index (κ3) is 5.83. The summed E-state index contributed by atoms with van der Waals surface area (Å²) in [6.07, 6.45) is 8.32. The highest BCUT2D eigenvalue weighted by molar-refractivity contribution is 5.59. The van der Waals surface area contributed by atoms with Crippen LogP contribution < -0.4 is 14.8 Å². The van der Waals surface area contributed by atoms with Crippen molar-refractivity contribution < 1.29 is 9.47 Å². The summed E-state index contributed by atoms with van der Waals surface area (Å²) < 4.78 is 11.5. The van der Waals surface area contributed by atoms with E-state index in [4.69, 9.17) is 9.47 Å². The molecule has 1 saturated heterocycles. The van der Waals surface area contributed by atoms with Crippen molar-refractivity contribution in [2.75, 3.05) is 32.1 Å². The molecule has 6 nitrogen and oxygen atoms in total. The highest BCUT2D eigenvalue weighted by Gasteiger charge is 2.20. The van der Waals surface area contributed by atoms with E-state index in [1.165, 1.54) is 32.4 Å². The monoisotopic (exact) mass is 384 g/mol. The number of benzene rings is 1. The number of piperidine rings is 1. The van der Waals surface area contributed by atoms with Crippen LogP contribution in [0.15, 0.2) is 36.7 Å². The first-order valence-electron chi connectivity index (χ1n) is 10.2. The van der Waals surface area contributed by atoms with Crippen molar-refractivity contribution in [2.45, 2.75) is 45.6 Å². The topological polar surface area (TPSA) is 59.5 Å². The molecule has 1 aliphatic rings. The first-order valence-corrected chi connectivity index (χ1v) is 10.2. The number of rotatable bonds is 9. The van der Waals surface area contributed by atoms with Gasteiger partial charge in [0.15, 0.2) is 11.5 Å². The Morgan fingerprint density at radius 1 is 1.14 bits per heavy atom. The molecule has 1 aromatic heterocycles. The van der Waals surface area contributed by atoms with E-state index in [9.17, 15) is 0 Å². The Morgan fingerprint density at radius 2 is 1.89 bits per heavy atom. The van der Waals surface area contributed by atoms with Crippen LogP contribution in [0.2, 0.25) is 0 Å². The molecule has 2 heterocycles. The third-order valence-corrected chi connectivity index (χ3v) is 5.38. The Kier molecular flexibility index (Phi) is 7.48. The van der Waals surface area contributed by atoms with E-state index < -0.39 is 0 Å². The number of nitrogens with zero attached hydrogens (tertiary/aromatic N) is 3. The predicted octanol–water partition coefficient (Wildman–Crippen LogP) is 4.51. The second-order valence-corrected chi connectivity index (χ2v) is 7.63. The summed E-state index contributed by atoms with van der Waals surface area (Å²) in [4.78, 5) is 11.0. The van der Waals surface area contributed by atoms with Crippen LogP contribution in [0.1, 0.15) is 39.5 Å². The zero-order valence-electron chi connectivity index (χ0n) is 17.2. The molecule has 2 aromatic rings. The number of aromatic nitrogens is 2. The summed E-state index contributed by atoms with van der Waals surface area (Å²) in [6, 6.07) is 8.24. The van der Waals surface area contributed by atoms with Gasteiger partial charge >= 0.3 is 0 Å². The normalized spacial score (nSPS) is 15.6. The molecule has 0 spiro atoms. The second-order valence-electron chi connectivity index (χ2n) is 7.63. The van der Waals surface area contributed by atoms with Gasteiger partial charge in [0.2, 0.25) is 5.95 Å². The van der Waals surface area contributed by atoms with Crippen molar-refractivity contribution in [1.29, 1.82) is 0 Å². The zero-order chi connectivity index (χ0) is 19.8. The van der Waals surface area contributed by atoms with Gasteiger partial charge in [0, 0.05) is 30.2 Å². The Labute approximate surface area is 168 Å². The van der Waals surface area contributed by atoms with Gasteiger partial charge in [-0.3, -0.25) is 0 Å². The molecule has 28 heavy (non-hydrogen) atoms. The number of nitrogens with one attached hydrogen (secondary N) is 1. The lowest BCUT2D eigenvalue weighted by molar-refractivity contribution is 0.141. The van der Waals surface area contributed by atoms with Crippen LogP contribution >= 0.6 is 0 Å². The highest BCUT2D eigenvalue weighted by Crippen LogP contribution is 2.31. The average Bonchev–Trinajstić information content (AvgIpc) is 2.72. The summed E-state index contributed by atoms with van der Waals surface area (Å²) in [7, 11) is 1.66. The van der Waals surface area contributed by atoms with E-state index in [1.807, 2.05) is 18.2 Å². The Bertz CT molecular complexity index is 716. The first-order chi connectivity index (χ1) is 13.7. The lowest BCUT2D eigenvalue weighted by Gasteiger charge is -2.34. The maximum atomic E-state index is 6.04. The molecule has 6 heteroatoms. The van der Waals surface area contributed by atoms with Crippen molar-refractivity contribution in [1.82, 2.24) is 14.9 Å². The summed E-state index contributed by atoms with van der Waals surface area (Å²) in [5.41, 5.74) is 0.878. The largest absolute Gasteiger partial charge is 0.493 e. The van der Waals surface area contributed by atoms with Gasteiger partial charge in [-0.15, -0.1) is 0 Å². The number of methoxy groups -OCH3 is 1. The van der Waals surface area contributed by atoms with E-state index in [-0.39, 0.29) is 0 Å². The van der Waals surface area contributed by atoms with Crippen LogP contribution in [0.25, 0.3) is 0 Å². The van der Waals surface area contributed by atoms with Crippen LogP contribution in [0, 0.1) is 5.92 Å². The summed E-state index contributed by atoms with van der Waals surface area (Å²) in [5.74, 6) is 2.87. The average molecular weight is 385 g/mol. The van der Waals surface area contributed by atoms with Crippen molar-refractivity contribution >= 4 is 11.6 Å². The Morgan fingerprint density at radius 3 is 2.57 bits per heavy atom. The summed E-state index contributed by atoms with van der Waals surface area (Å²) in [6.45, 7) is 7.73. The van der Waals surface area contributed by atoms with E-state index in [0.29, 0.717) is 18.6 Å². The fourth-order valence-corrected chi connectivity index (χ4v) is 3.67. The SMILES string of the molecule is COc1ccc(Nc2ncccn2)cc1OCCCC1CCN(C(C)C)CC1. The van der Waals surface area contributed by atoms with Gasteiger partial charge in [0.25, 0.3) is 0 Å². The smallest absolute Gasteiger partial charge is 0.227 e. The minimum Gasteiger partial charge on any atom is -0.493 e. The molecule has 0 radical (unpaired) electrons. The van der Waals surface area contributed by atoms with E-state index in [0.717, 1.165) is 29.5 Å². The quantitative estimate of drug-likeness (QED) is 0.642. The van der Waals surface area contributed by atoms with Crippen LogP contribution in [-0.4, -0.2) is 47.7 Å². The van der Waals surface area contributed by atoms with Crippen LogP contribution in [0.3, 0.4) is 0 Å².